The van der Waals surface area contributed by atoms with Crippen LogP contribution in [0.3, 0.4) is 0 Å². The molecule has 4 nitrogen and oxygen atoms in total. The lowest BCUT2D eigenvalue weighted by Crippen LogP contribution is -2.27. The van der Waals surface area contributed by atoms with Gasteiger partial charge in [0.05, 0.1) is 11.3 Å². The van der Waals surface area contributed by atoms with Crippen LogP contribution < -0.4 is 0 Å². The van der Waals surface area contributed by atoms with Crippen molar-refractivity contribution in [2.24, 2.45) is 15.9 Å². The summed E-state index contributed by atoms with van der Waals surface area (Å²) in [5, 5.41) is 11.2. The Morgan fingerprint density at radius 3 is 3.05 bits per heavy atom. The molecule has 0 spiro atoms. The monoisotopic (exact) mass is 279 g/mol. The molecule has 0 fully saturated rings. The molecule has 2 heterocycles. The fraction of sp³-hybridized carbons (Fsp3) is 0.0667. The summed E-state index contributed by atoms with van der Waals surface area (Å²) in [6.45, 7) is 0. The Hall–Kier alpha value is -2.58. The average Bonchev–Trinajstić information content (AvgIpc) is 2.97. The number of carbonyl (C=O) groups is 1. The first-order chi connectivity index (χ1) is 9.78. The van der Waals surface area contributed by atoms with E-state index in [0.29, 0.717) is 11.3 Å². The molecule has 0 saturated heterocycles. The molecule has 3 rings (SSSR count). The first-order valence-corrected chi connectivity index (χ1v) is 6.87. The number of amidine groups is 1. The SMILES string of the molecule is N#C/C(=C\c1cccs1)C1=NC(=O)C2C=CC=CC2=N1. The third-order valence-corrected chi connectivity index (χ3v) is 3.73. The zero-order valence-electron chi connectivity index (χ0n) is 10.4. The van der Waals surface area contributed by atoms with Crippen LogP contribution >= 0.6 is 11.3 Å². The van der Waals surface area contributed by atoms with Crippen LogP contribution in [0.4, 0.5) is 0 Å². The van der Waals surface area contributed by atoms with Gasteiger partial charge in [-0.15, -0.1) is 11.3 Å². The van der Waals surface area contributed by atoms with Crippen molar-refractivity contribution in [2.45, 2.75) is 0 Å². The van der Waals surface area contributed by atoms with Crippen molar-refractivity contribution in [3.8, 4) is 6.07 Å². The molecule has 1 amide bonds. The topological polar surface area (TPSA) is 65.6 Å². The number of nitrogens with zero attached hydrogens (tertiary/aromatic N) is 3. The van der Waals surface area contributed by atoms with E-state index in [1.54, 1.807) is 24.3 Å². The highest BCUT2D eigenvalue weighted by molar-refractivity contribution is 7.10. The van der Waals surface area contributed by atoms with E-state index in [1.165, 1.54) is 11.3 Å². The summed E-state index contributed by atoms with van der Waals surface area (Å²) in [6, 6.07) is 5.86. The number of nitriles is 1. The molecule has 0 radical (unpaired) electrons. The van der Waals surface area contributed by atoms with Gasteiger partial charge in [-0.1, -0.05) is 24.3 Å². The molecule has 0 aromatic carbocycles. The van der Waals surface area contributed by atoms with Gasteiger partial charge in [0.15, 0.2) is 5.84 Å². The third kappa shape index (κ3) is 2.29. The zero-order chi connectivity index (χ0) is 13.9. The molecule has 1 aliphatic heterocycles. The van der Waals surface area contributed by atoms with Crippen LogP contribution in [-0.4, -0.2) is 17.5 Å². The van der Waals surface area contributed by atoms with Gasteiger partial charge in [-0.25, -0.2) is 4.99 Å². The highest BCUT2D eigenvalue weighted by Gasteiger charge is 2.27. The van der Waals surface area contributed by atoms with Gasteiger partial charge in [0.25, 0.3) is 5.91 Å². The van der Waals surface area contributed by atoms with E-state index in [2.05, 4.69) is 16.1 Å². The van der Waals surface area contributed by atoms with Gasteiger partial charge in [-0.3, -0.25) is 4.79 Å². The summed E-state index contributed by atoms with van der Waals surface area (Å²) in [4.78, 5) is 21.2. The largest absolute Gasteiger partial charge is 0.271 e. The second-order valence-electron chi connectivity index (χ2n) is 4.22. The van der Waals surface area contributed by atoms with Crippen molar-refractivity contribution < 1.29 is 4.79 Å². The average molecular weight is 279 g/mol. The van der Waals surface area contributed by atoms with E-state index in [0.717, 1.165) is 4.88 Å². The Labute approximate surface area is 119 Å². The van der Waals surface area contributed by atoms with Crippen molar-refractivity contribution in [1.82, 2.24) is 0 Å². The standard InChI is InChI=1S/C15H9N3OS/c16-9-10(8-11-4-3-7-20-11)14-17-13-6-2-1-5-12(13)15(19)18-14/h1-8,12H/b10-8+. The summed E-state index contributed by atoms with van der Waals surface area (Å²) in [5.41, 5.74) is 0.935. The predicted octanol–water partition coefficient (Wildman–Crippen LogP) is 2.78. The molecule has 1 unspecified atom stereocenters. The Balaban J connectivity index is 2.00. The van der Waals surface area contributed by atoms with Gasteiger partial charge < -0.3 is 0 Å². The first-order valence-electron chi connectivity index (χ1n) is 5.99. The van der Waals surface area contributed by atoms with E-state index in [4.69, 9.17) is 0 Å². The van der Waals surface area contributed by atoms with E-state index < -0.39 is 5.92 Å². The van der Waals surface area contributed by atoms with Crippen LogP contribution in [0.25, 0.3) is 6.08 Å². The number of carbonyl (C=O) groups excluding carboxylic acids is 1. The van der Waals surface area contributed by atoms with E-state index >= 15 is 0 Å². The molecule has 1 atom stereocenters. The number of rotatable bonds is 2. The minimum atomic E-state index is -0.412. The van der Waals surface area contributed by atoms with E-state index in [-0.39, 0.29) is 11.7 Å². The molecule has 0 saturated carbocycles. The number of thiophene rings is 1. The third-order valence-electron chi connectivity index (χ3n) is 2.91. The molecule has 0 bridgehead atoms. The van der Waals surface area contributed by atoms with Crippen molar-refractivity contribution in [3.05, 3.63) is 52.3 Å². The minimum Gasteiger partial charge on any atom is -0.271 e. The van der Waals surface area contributed by atoms with E-state index in [9.17, 15) is 10.1 Å². The van der Waals surface area contributed by atoms with Crippen molar-refractivity contribution in [2.75, 3.05) is 0 Å². The van der Waals surface area contributed by atoms with Gasteiger partial charge in [-0.2, -0.15) is 10.3 Å². The summed E-state index contributed by atoms with van der Waals surface area (Å²) in [7, 11) is 0. The summed E-state index contributed by atoms with van der Waals surface area (Å²) in [5.74, 6) is -0.500. The fourth-order valence-corrected chi connectivity index (χ4v) is 2.61. The Morgan fingerprint density at radius 2 is 2.30 bits per heavy atom. The fourth-order valence-electron chi connectivity index (χ4n) is 1.95. The highest BCUT2D eigenvalue weighted by atomic mass is 32.1. The van der Waals surface area contributed by atoms with Crippen LogP contribution in [0, 0.1) is 17.2 Å². The lowest BCUT2D eigenvalue weighted by Gasteiger charge is -2.17. The Morgan fingerprint density at radius 1 is 1.40 bits per heavy atom. The second-order valence-corrected chi connectivity index (χ2v) is 5.20. The number of hydrogen-bond donors (Lipinski definition) is 0. The van der Waals surface area contributed by atoms with Crippen LogP contribution in [0.15, 0.2) is 57.4 Å². The second kappa shape index (κ2) is 5.19. The summed E-state index contributed by atoms with van der Waals surface area (Å²) >= 11 is 1.51. The van der Waals surface area contributed by atoms with Crippen LogP contribution in [0.1, 0.15) is 4.88 Å². The molecule has 1 aliphatic carbocycles. The molecule has 20 heavy (non-hydrogen) atoms. The smallest absolute Gasteiger partial charge is 0.260 e. The number of fused-ring (bicyclic) bond motifs is 1. The van der Waals surface area contributed by atoms with Gasteiger partial charge in [-0.05, 0) is 23.6 Å². The number of allylic oxidation sites excluding steroid dienone is 3. The number of aliphatic imine (C=N–C) groups is 2. The number of amides is 1. The molecule has 2 aliphatic rings. The lowest BCUT2D eigenvalue weighted by molar-refractivity contribution is -0.118. The maximum absolute atomic E-state index is 12.0. The van der Waals surface area contributed by atoms with Gasteiger partial charge >= 0.3 is 0 Å². The Kier molecular flexibility index (Phi) is 3.23. The molecule has 0 N–H and O–H groups in total. The van der Waals surface area contributed by atoms with Crippen molar-refractivity contribution >= 4 is 34.9 Å². The molecular weight excluding hydrogens is 270 g/mol. The molecule has 96 valence electrons. The van der Waals surface area contributed by atoms with Crippen molar-refractivity contribution in [3.63, 3.8) is 0 Å². The highest BCUT2D eigenvalue weighted by Crippen LogP contribution is 2.20. The Bertz CT molecular complexity index is 743. The van der Waals surface area contributed by atoms with Gasteiger partial charge in [0, 0.05) is 4.88 Å². The molecule has 1 aromatic heterocycles. The van der Waals surface area contributed by atoms with Crippen LogP contribution in [0.5, 0.6) is 0 Å². The first kappa shape index (κ1) is 12.5. The minimum absolute atomic E-state index is 0.192. The van der Waals surface area contributed by atoms with Crippen molar-refractivity contribution in [1.29, 1.82) is 5.26 Å². The zero-order valence-corrected chi connectivity index (χ0v) is 11.2. The quantitative estimate of drug-likeness (QED) is 0.781. The molecule has 5 heteroatoms. The van der Waals surface area contributed by atoms with Crippen LogP contribution in [-0.2, 0) is 4.79 Å². The molecular formula is C15H9N3OS. The number of hydrogen-bond acceptors (Lipinski definition) is 4. The van der Waals surface area contributed by atoms with Crippen LogP contribution in [0.2, 0.25) is 0 Å². The van der Waals surface area contributed by atoms with Gasteiger partial charge in [0.1, 0.15) is 12.0 Å². The maximum atomic E-state index is 12.0. The normalized spacial score (nSPS) is 21.1. The summed E-state index contributed by atoms with van der Waals surface area (Å²) < 4.78 is 0. The van der Waals surface area contributed by atoms with Gasteiger partial charge in [0.2, 0.25) is 0 Å². The van der Waals surface area contributed by atoms with E-state index in [1.807, 2.05) is 23.6 Å². The lowest BCUT2D eigenvalue weighted by atomic mass is 9.96. The predicted molar refractivity (Wildman–Crippen MR) is 79.6 cm³/mol. The maximum Gasteiger partial charge on any atom is 0.260 e. The summed E-state index contributed by atoms with van der Waals surface area (Å²) in [6.07, 6.45) is 8.85. The molecule has 1 aromatic rings.